The van der Waals surface area contributed by atoms with Crippen molar-refractivity contribution >= 4 is 5.97 Å². The zero-order valence-corrected chi connectivity index (χ0v) is 13.2. The summed E-state index contributed by atoms with van der Waals surface area (Å²) in [6.45, 7) is 1.80. The first-order chi connectivity index (χ1) is 10.6. The monoisotopic (exact) mass is 303 g/mol. The van der Waals surface area contributed by atoms with Gasteiger partial charge in [-0.05, 0) is 38.2 Å². The molecule has 0 amide bonds. The van der Waals surface area contributed by atoms with Crippen LogP contribution in [0.15, 0.2) is 54.6 Å². The fraction of sp³-hybridized carbons (Fsp3) is 0.278. The van der Waals surface area contributed by atoms with E-state index in [9.17, 15) is 9.18 Å². The largest absolute Gasteiger partial charge is 0.458 e. The third-order valence-corrected chi connectivity index (χ3v) is 2.87. The molecule has 0 bridgehead atoms. The standard InChI is InChI=1S/C16H15FO2.C2H7N/c1-12(13-7-3-2-4-8-13)19-16(18)11-14-9-5-6-10-15(14)17;1-3-2/h2-10,12H,11H2,1H3;3H,1-2H3. The van der Waals surface area contributed by atoms with E-state index in [1.54, 1.807) is 25.1 Å². The predicted molar refractivity (Wildman–Crippen MR) is 86.0 cm³/mol. The quantitative estimate of drug-likeness (QED) is 0.878. The molecule has 118 valence electrons. The summed E-state index contributed by atoms with van der Waals surface area (Å²) in [6.07, 6.45) is -0.385. The SMILES string of the molecule is CC(OC(=O)Cc1ccccc1F)c1ccccc1.CNC. The number of ether oxygens (including phenoxy) is 1. The minimum absolute atomic E-state index is 0.0517. The first kappa shape index (κ1) is 17.9. The van der Waals surface area contributed by atoms with E-state index >= 15 is 0 Å². The van der Waals surface area contributed by atoms with E-state index < -0.39 is 5.97 Å². The van der Waals surface area contributed by atoms with Crippen molar-refractivity contribution in [1.82, 2.24) is 5.32 Å². The van der Waals surface area contributed by atoms with E-state index in [2.05, 4.69) is 5.32 Å². The average molecular weight is 303 g/mol. The lowest BCUT2D eigenvalue weighted by molar-refractivity contribution is -0.147. The molecular formula is C18H22FNO2. The van der Waals surface area contributed by atoms with Gasteiger partial charge in [0.05, 0.1) is 6.42 Å². The molecule has 0 saturated heterocycles. The van der Waals surface area contributed by atoms with Crippen molar-refractivity contribution < 1.29 is 13.9 Å². The van der Waals surface area contributed by atoms with Gasteiger partial charge in [0, 0.05) is 0 Å². The van der Waals surface area contributed by atoms with Crippen LogP contribution in [0.25, 0.3) is 0 Å². The van der Waals surface area contributed by atoms with E-state index in [1.807, 2.05) is 44.4 Å². The predicted octanol–water partition coefficient (Wildman–Crippen LogP) is 3.51. The maximum absolute atomic E-state index is 13.4. The van der Waals surface area contributed by atoms with Crippen LogP contribution in [0.3, 0.4) is 0 Å². The summed E-state index contributed by atoms with van der Waals surface area (Å²) in [6, 6.07) is 15.7. The van der Waals surface area contributed by atoms with Crippen molar-refractivity contribution in [1.29, 1.82) is 0 Å². The Morgan fingerprint density at radius 3 is 2.23 bits per heavy atom. The number of nitrogens with one attached hydrogen (secondary N) is 1. The summed E-state index contributed by atoms with van der Waals surface area (Å²) in [7, 11) is 3.75. The van der Waals surface area contributed by atoms with Gasteiger partial charge in [0.15, 0.2) is 0 Å². The second kappa shape index (κ2) is 9.68. The number of carbonyl (C=O) groups is 1. The molecule has 3 nitrogen and oxygen atoms in total. The van der Waals surface area contributed by atoms with E-state index in [1.165, 1.54) is 6.07 Å². The van der Waals surface area contributed by atoms with Gasteiger partial charge in [0.1, 0.15) is 11.9 Å². The van der Waals surface area contributed by atoms with Crippen LogP contribution in [0.2, 0.25) is 0 Å². The molecule has 0 aliphatic rings. The van der Waals surface area contributed by atoms with Crippen LogP contribution >= 0.6 is 0 Å². The Hall–Kier alpha value is -2.20. The van der Waals surface area contributed by atoms with Crippen LogP contribution < -0.4 is 5.32 Å². The zero-order valence-electron chi connectivity index (χ0n) is 13.2. The molecule has 22 heavy (non-hydrogen) atoms. The molecular weight excluding hydrogens is 281 g/mol. The molecule has 1 unspecified atom stereocenters. The molecule has 0 radical (unpaired) electrons. The first-order valence-electron chi connectivity index (χ1n) is 7.14. The molecule has 0 saturated carbocycles. The molecule has 0 aliphatic heterocycles. The molecule has 1 N–H and O–H groups in total. The molecule has 2 aromatic rings. The number of esters is 1. The van der Waals surface area contributed by atoms with Gasteiger partial charge in [0.2, 0.25) is 0 Å². The van der Waals surface area contributed by atoms with Crippen LogP contribution in [0.1, 0.15) is 24.2 Å². The van der Waals surface area contributed by atoms with Crippen molar-refractivity contribution in [2.75, 3.05) is 14.1 Å². The molecule has 0 aliphatic carbocycles. The lowest BCUT2D eigenvalue weighted by Crippen LogP contribution is -2.12. The number of benzene rings is 2. The highest BCUT2D eigenvalue weighted by molar-refractivity contribution is 5.72. The second-order valence-electron chi connectivity index (χ2n) is 4.81. The molecule has 0 spiro atoms. The number of carbonyl (C=O) groups excluding carboxylic acids is 1. The first-order valence-corrected chi connectivity index (χ1v) is 7.14. The maximum atomic E-state index is 13.4. The summed E-state index contributed by atoms with van der Waals surface area (Å²) in [4.78, 5) is 11.8. The summed E-state index contributed by atoms with van der Waals surface area (Å²) in [5, 5.41) is 2.75. The van der Waals surface area contributed by atoms with Crippen molar-refractivity contribution in [3.05, 3.63) is 71.5 Å². The topological polar surface area (TPSA) is 38.3 Å². The molecule has 2 aromatic carbocycles. The Morgan fingerprint density at radius 1 is 1.09 bits per heavy atom. The molecule has 0 heterocycles. The van der Waals surface area contributed by atoms with Gasteiger partial charge >= 0.3 is 5.97 Å². The van der Waals surface area contributed by atoms with Crippen LogP contribution in [0.5, 0.6) is 0 Å². The Kier molecular flexibility index (Phi) is 7.86. The van der Waals surface area contributed by atoms with Crippen LogP contribution in [0, 0.1) is 5.82 Å². The van der Waals surface area contributed by atoms with Gasteiger partial charge in [-0.2, -0.15) is 0 Å². The highest BCUT2D eigenvalue weighted by Gasteiger charge is 2.13. The zero-order chi connectivity index (χ0) is 16.4. The van der Waals surface area contributed by atoms with Gasteiger partial charge < -0.3 is 10.1 Å². The fourth-order valence-electron chi connectivity index (χ4n) is 1.83. The van der Waals surface area contributed by atoms with Crippen molar-refractivity contribution in [3.8, 4) is 0 Å². The molecule has 0 aromatic heterocycles. The third kappa shape index (κ3) is 6.06. The highest BCUT2D eigenvalue weighted by Crippen LogP contribution is 2.17. The lowest BCUT2D eigenvalue weighted by atomic mass is 10.1. The van der Waals surface area contributed by atoms with E-state index in [-0.39, 0.29) is 18.3 Å². The number of hydrogen-bond acceptors (Lipinski definition) is 3. The van der Waals surface area contributed by atoms with Gasteiger partial charge in [-0.25, -0.2) is 4.39 Å². The summed E-state index contributed by atoms with van der Waals surface area (Å²) >= 11 is 0. The van der Waals surface area contributed by atoms with Crippen molar-refractivity contribution in [2.45, 2.75) is 19.4 Å². The average Bonchev–Trinajstić information content (AvgIpc) is 2.51. The number of halogens is 1. The number of rotatable bonds is 4. The summed E-state index contributed by atoms with van der Waals surface area (Å²) in [5.74, 6) is -0.812. The van der Waals surface area contributed by atoms with Gasteiger partial charge in [-0.3, -0.25) is 4.79 Å². The minimum atomic E-state index is -0.429. The van der Waals surface area contributed by atoms with Gasteiger partial charge in [0.25, 0.3) is 0 Å². The van der Waals surface area contributed by atoms with Crippen molar-refractivity contribution in [3.63, 3.8) is 0 Å². The van der Waals surface area contributed by atoms with E-state index in [4.69, 9.17) is 4.74 Å². The van der Waals surface area contributed by atoms with Gasteiger partial charge in [-0.1, -0.05) is 48.5 Å². The minimum Gasteiger partial charge on any atom is -0.458 e. The Bertz CT molecular complexity index is 572. The second-order valence-corrected chi connectivity index (χ2v) is 4.81. The Labute approximate surface area is 131 Å². The Balaban J connectivity index is 0.000000745. The van der Waals surface area contributed by atoms with Crippen molar-refractivity contribution in [2.24, 2.45) is 0 Å². The Morgan fingerprint density at radius 2 is 1.64 bits per heavy atom. The molecule has 1 atom stereocenters. The van der Waals surface area contributed by atoms with Crippen LogP contribution in [0.4, 0.5) is 4.39 Å². The van der Waals surface area contributed by atoms with Gasteiger partial charge in [-0.15, -0.1) is 0 Å². The lowest BCUT2D eigenvalue weighted by Gasteiger charge is -2.13. The summed E-state index contributed by atoms with van der Waals surface area (Å²) < 4.78 is 18.7. The molecule has 0 fully saturated rings. The molecule has 4 heteroatoms. The van der Waals surface area contributed by atoms with E-state index in [0.29, 0.717) is 5.56 Å². The molecule has 2 rings (SSSR count). The van der Waals surface area contributed by atoms with Crippen LogP contribution in [-0.2, 0) is 16.0 Å². The smallest absolute Gasteiger partial charge is 0.310 e. The third-order valence-electron chi connectivity index (χ3n) is 2.87. The van der Waals surface area contributed by atoms with Crippen LogP contribution in [-0.4, -0.2) is 20.1 Å². The maximum Gasteiger partial charge on any atom is 0.310 e. The number of hydrogen-bond donors (Lipinski definition) is 1. The van der Waals surface area contributed by atoms with E-state index in [0.717, 1.165) is 5.56 Å². The normalized spacial score (nSPS) is 11.1. The summed E-state index contributed by atoms with van der Waals surface area (Å²) in [5.41, 5.74) is 1.28. The highest BCUT2D eigenvalue weighted by atomic mass is 19.1. The fourth-order valence-corrected chi connectivity index (χ4v) is 1.83.